The summed E-state index contributed by atoms with van der Waals surface area (Å²) < 4.78 is 0. The predicted octanol–water partition coefficient (Wildman–Crippen LogP) is 0.251. The number of amides is 3. The second-order valence-electron chi connectivity index (χ2n) is 10.2. The van der Waals surface area contributed by atoms with Gasteiger partial charge in [0.05, 0.1) is 5.69 Å². The minimum absolute atomic E-state index is 0.138. The van der Waals surface area contributed by atoms with Crippen molar-refractivity contribution in [2.75, 3.05) is 5.32 Å². The van der Waals surface area contributed by atoms with Gasteiger partial charge < -0.3 is 20.5 Å². The molecule has 3 aliphatic heterocycles. The summed E-state index contributed by atoms with van der Waals surface area (Å²) in [5, 5.41) is 16.0. The van der Waals surface area contributed by atoms with Crippen LogP contribution < -0.4 is 15.7 Å². The number of rotatable bonds is 4. The summed E-state index contributed by atoms with van der Waals surface area (Å²) in [6.07, 6.45) is 5.69. The summed E-state index contributed by atoms with van der Waals surface area (Å²) in [6, 6.07) is 3.22. The Hall–Kier alpha value is -2.74. The molecule has 1 aromatic carbocycles. The molecule has 5 rings (SSSR count). The first-order chi connectivity index (χ1) is 15.8. The lowest BCUT2D eigenvalue weighted by Gasteiger charge is -2.30. The van der Waals surface area contributed by atoms with E-state index in [0.717, 1.165) is 55.2 Å². The first-order valence-electron chi connectivity index (χ1n) is 12.1. The number of likely N-dealkylation sites (tertiary alicyclic amines) is 1. The van der Waals surface area contributed by atoms with Crippen LogP contribution in [0.15, 0.2) is 12.1 Å². The van der Waals surface area contributed by atoms with Crippen molar-refractivity contribution >= 4 is 29.4 Å². The minimum Gasteiger partial charge on any atom is -0.550 e. The van der Waals surface area contributed by atoms with Crippen molar-refractivity contribution in [1.29, 1.82) is 0 Å². The number of aryl methyl sites for hydroxylation is 1. The van der Waals surface area contributed by atoms with Gasteiger partial charge in [-0.05, 0) is 50.3 Å². The molecule has 1 spiro atoms. The van der Waals surface area contributed by atoms with Crippen LogP contribution in [-0.4, -0.2) is 40.7 Å². The number of anilines is 1. The van der Waals surface area contributed by atoms with Crippen molar-refractivity contribution in [2.24, 2.45) is 11.8 Å². The predicted molar refractivity (Wildman–Crippen MR) is 117 cm³/mol. The Kier molecular flexibility index (Phi) is 5.31. The van der Waals surface area contributed by atoms with Gasteiger partial charge in [-0.15, -0.1) is 0 Å². The molecule has 0 radical (unpaired) electrons. The second-order valence-corrected chi connectivity index (χ2v) is 10.2. The number of aliphatic carboxylic acids is 1. The van der Waals surface area contributed by atoms with E-state index in [4.69, 9.17) is 0 Å². The van der Waals surface area contributed by atoms with Gasteiger partial charge in [0.15, 0.2) is 0 Å². The monoisotopic (exact) mass is 453 g/mol. The summed E-state index contributed by atoms with van der Waals surface area (Å²) in [4.78, 5) is 53.9. The van der Waals surface area contributed by atoms with Gasteiger partial charge in [-0.2, -0.15) is 0 Å². The first kappa shape index (κ1) is 22.1. The highest BCUT2D eigenvalue weighted by Crippen LogP contribution is 2.51. The zero-order chi connectivity index (χ0) is 23.5. The van der Waals surface area contributed by atoms with Gasteiger partial charge >= 0.3 is 0 Å². The largest absolute Gasteiger partial charge is 0.550 e. The van der Waals surface area contributed by atoms with Crippen LogP contribution in [-0.2, 0) is 24.7 Å². The molecule has 3 N–H and O–H groups in total. The Morgan fingerprint density at radius 1 is 1.12 bits per heavy atom. The molecule has 2 saturated heterocycles. The number of carbonyl (C=O) groups is 4. The van der Waals surface area contributed by atoms with Gasteiger partial charge in [-0.1, -0.05) is 31.7 Å². The SMILES string of the molecule is Cc1ccc2c(c1C)NC(=O)[C@@]21[NH2+][C@H](CCC(=O)[O-])[C@H]2C(=O)N(C3CCCCCC3)C(=O)[C@H]21. The van der Waals surface area contributed by atoms with E-state index in [2.05, 4.69) is 5.32 Å². The first-order valence-corrected chi connectivity index (χ1v) is 12.1. The minimum atomic E-state index is -1.25. The molecule has 1 aromatic rings. The maximum Gasteiger partial charge on any atom is 0.291 e. The number of imide groups is 1. The van der Waals surface area contributed by atoms with Crippen LogP contribution in [0.3, 0.4) is 0 Å². The molecule has 33 heavy (non-hydrogen) atoms. The van der Waals surface area contributed by atoms with E-state index in [0.29, 0.717) is 5.69 Å². The van der Waals surface area contributed by atoms with Gasteiger partial charge in [0.25, 0.3) is 5.91 Å². The summed E-state index contributed by atoms with van der Waals surface area (Å²) in [6.45, 7) is 3.90. The number of benzene rings is 1. The van der Waals surface area contributed by atoms with E-state index < -0.39 is 29.4 Å². The second kappa shape index (κ2) is 7.94. The zero-order valence-corrected chi connectivity index (χ0v) is 19.2. The van der Waals surface area contributed by atoms with Crippen LogP contribution in [0.2, 0.25) is 0 Å². The number of fused-ring (bicyclic) bond motifs is 4. The third kappa shape index (κ3) is 3.14. The number of nitrogens with one attached hydrogen (secondary N) is 1. The van der Waals surface area contributed by atoms with Crippen LogP contribution in [0.25, 0.3) is 0 Å². The van der Waals surface area contributed by atoms with Crippen LogP contribution >= 0.6 is 0 Å². The summed E-state index contributed by atoms with van der Waals surface area (Å²) in [5.41, 5.74) is 2.16. The molecule has 1 saturated carbocycles. The fraction of sp³-hybridized carbons (Fsp3) is 0.600. The van der Waals surface area contributed by atoms with Crippen molar-refractivity contribution in [2.45, 2.75) is 82.8 Å². The summed E-state index contributed by atoms with van der Waals surface area (Å²) >= 11 is 0. The molecule has 3 fully saturated rings. The van der Waals surface area contributed by atoms with Crippen molar-refractivity contribution in [1.82, 2.24) is 4.90 Å². The Morgan fingerprint density at radius 3 is 2.48 bits per heavy atom. The fourth-order valence-electron chi connectivity index (χ4n) is 6.73. The van der Waals surface area contributed by atoms with Crippen molar-refractivity contribution < 1.29 is 29.6 Å². The number of nitrogens with zero attached hydrogens (tertiary/aromatic N) is 1. The smallest absolute Gasteiger partial charge is 0.291 e. The number of carboxylic acid groups (broad SMARTS) is 1. The van der Waals surface area contributed by atoms with Crippen LogP contribution in [0.1, 0.15) is 68.1 Å². The molecule has 4 atom stereocenters. The van der Waals surface area contributed by atoms with Gasteiger partial charge in [0, 0.05) is 24.0 Å². The number of hydrogen-bond acceptors (Lipinski definition) is 5. The van der Waals surface area contributed by atoms with E-state index in [1.807, 2.05) is 26.0 Å². The van der Waals surface area contributed by atoms with Crippen LogP contribution in [0.5, 0.6) is 0 Å². The Balaban J connectivity index is 1.61. The molecule has 4 aliphatic rings. The molecule has 0 aromatic heterocycles. The molecule has 8 nitrogen and oxygen atoms in total. The average molecular weight is 454 g/mol. The highest BCUT2D eigenvalue weighted by Gasteiger charge is 2.74. The van der Waals surface area contributed by atoms with Crippen LogP contribution in [0.4, 0.5) is 5.69 Å². The Labute approximate surface area is 193 Å². The Bertz CT molecular complexity index is 1040. The standard InChI is InChI=1S/C25H31N3O5/c1-13-9-10-16-21(14(13)2)26-24(33)25(16)20-19(17(27-25)11-12-18(29)30)22(31)28(23(20)32)15-7-5-3-4-6-8-15/h9-10,15,17,19-20,27H,3-8,11-12H2,1-2H3,(H,26,33)(H,29,30)/t17-,19-,20+,25-/m1/s1. The molecular formula is C25H31N3O5. The van der Waals surface area contributed by atoms with Crippen molar-refractivity contribution in [3.05, 3.63) is 28.8 Å². The highest BCUT2D eigenvalue weighted by molar-refractivity contribution is 6.14. The normalized spacial score (nSPS) is 31.6. The molecule has 3 heterocycles. The van der Waals surface area contributed by atoms with Crippen LogP contribution in [0, 0.1) is 25.7 Å². The van der Waals surface area contributed by atoms with Crippen molar-refractivity contribution in [3.63, 3.8) is 0 Å². The van der Waals surface area contributed by atoms with E-state index in [-0.39, 0.29) is 36.6 Å². The number of nitrogens with two attached hydrogens (primary N) is 1. The van der Waals surface area contributed by atoms with E-state index in [1.165, 1.54) is 4.90 Å². The molecule has 0 unspecified atom stereocenters. The molecule has 1 aliphatic carbocycles. The third-order valence-electron chi connectivity index (χ3n) is 8.48. The Morgan fingerprint density at radius 2 is 1.82 bits per heavy atom. The topological polar surface area (TPSA) is 123 Å². The number of hydrogen-bond donors (Lipinski definition) is 2. The fourth-order valence-corrected chi connectivity index (χ4v) is 6.73. The lowest BCUT2D eigenvalue weighted by atomic mass is 9.76. The zero-order valence-electron chi connectivity index (χ0n) is 19.2. The van der Waals surface area contributed by atoms with E-state index in [9.17, 15) is 24.3 Å². The average Bonchev–Trinajstić information content (AvgIpc) is 3.24. The van der Waals surface area contributed by atoms with Gasteiger partial charge in [0.1, 0.15) is 17.9 Å². The maximum absolute atomic E-state index is 13.9. The van der Waals surface area contributed by atoms with Gasteiger partial charge in [-0.3, -0.25) is 19.3 Å². The molecular weight excluding hydrogens is 422 g/mol. The molecule has 176 valence electrons. The quantitative estimate of drug-likeness (QED) is 0.500. The highest BCUT2D eigenvalue weighted by atomic mass is 16.4. The number of quaternary nitrogens is 1. The number of carbonyl (C=O) groups excluding carboxylic acids is 4. The third-order valence-corrected chi connectivity index (χ3v) is 8.48. The molecule has 0 bridgehead atoms. The van der Waals surface area contributed by atoms with Gasteiger partial charge in [0.2, 0.25) is 17.4 Å². The number of carboxylic acids is 1. The molecule has 3 amide bonds. The van der Waals surface area contributed by atoms with E-state index >= 15 is 0 Å². The van der Waals surface area contributed by atoms with Gasteiger partial charge in [-0.25, -0.2) is 0 Å². The van der Waals surface area contributed by atoms with E-state index in [1.54, 1.807) is 5.32 Å². The lowest BCUT2D eigenvalue weighted by Crippen LogP contribution is -2.99. The maximum atomic E-state index is 13.9. The molecule has 8 heteroatoms. The summed E-state index contributed by atoms with van der Waals surface area (Å²) in [5.74, 6) is -3.53. The van der Waals surface area contributed by atoms with Crippen molar-refractivity contribution in [3.8, 4) is 0 Å². The summed E-state index contributed by atoms with van der Waals surface area (Å²) in [7, 11) is 0. The lowest BCUT2D eigenvalue weighted by molar-refractivity contribution is -0.734.